The van der Waals surface area contributed by atoms with Gasteiger partial charge in [0.05, 0.1) is 5.75 Å². The molecule has 0 unspecified atom stereocenters. The average Bonchev–Trinajstić information content (AvgIpc) is 1.81. The second kappa shape index (κ2) is 8.46. The fourth-order valence-electron chi connectivity index (χ4n) is 0.593. The van der Waals surface area contributed by atoms with Crippen molar-refractivity contribution in [1.82, 2.24) is 0 Å². The molecule has 0 fully saturated rings. The topological polar surface area (TPSA) is 34.1 Å². The number of rotatable bonds is 4. The van der Waals surface area contributed by atoms with Crippen LogP contribution in [0.25, 0.3) is 0 Å². The van der Waals surface area contributed by atoms with Crippen LogP contribution in [0.15, 0.2) is 0 Å². The maximum atomic E-state index is 10.5. The van der Waals surface area contributed by atoms with Crippen molar-refractivity contribution in [2.45, 2.75) is 12.8 Å². The number of hydrogen-bond donors (Lipinski definition) is 0. The molecule has 0 saturated heterocycles. The summed E-state index contributed by atoms with van der Waals surface area (Å²) in [5.74, 6) is -0.0100. The molecule has 5 heteroatoms. The Balaban J connectivity index is -0.000000405. The minimum Gasteiger partial charge on any atom is -0.358 e. The van der Waals surface area contributed by atoms with E-state index in [0.29, 0.717) is 12.8 Å². The molecule has 0 atom stereocenters. The van der Waals surface area contributed by atoms with E-state index in [9.17, 15) is 8.42 Å². The maximum Gasteiger partial charge on any atom is 0.232 e. The maximum absolute atomic E-state index is 10.5. The van der Waals surface area contributed by atoms with Crippen LogP contribution in [-0.4, -0.2) is 14.2 Å². The van der Waals surface area contributed by atoms with E-state index in [0.717, 1.165) is 0 Å². The molecule has 0 N–H and O–H groups in total. The van der Waals surface area contributed by atoms with E-state index in [1.165, 1.54) is 0 Å². The van der Waals surface area contributed by atoms with Gasteiger partial charge in [-0.2, -0.15) is 12.8 Å². The molecule has 0 aliphatic carbocycles. The van der Waals surface area contributed by atoms with Crippen LogP contribution in [-0.2, 0) is 28.5 Å². The van der Waals surface area contributed by atoms with Crippen molar-refractivity contribution in [3.8, 4) is 0 Å². The first-order chi connectivity index (χ1) is 4.49. The van der Waals surface area contributed by atoms with Crippen LogP contribution in [0, 0.1) is 27.2 Å². The molecule has 0 rings (SSSR count). The van der Waals surface area contributed by atoms with Crippen LogP contribution in [0.2, 0.25) is 0 Å². The van der Waals surface area contributed by atoms with Crippen LogP contribution >= 0.6 is 10.7 Å². The van der Waals surface area contributed by atoms with Crippen molar-refractivity contribution in [2.75, 3.05) is 5.75 Å². The molecule has 12 heavy (non-hydrogen) atoms. The van der Waals surface area contributed by atoms with Gasteiger partial charge < -0.3 is 21.3 Å². The summed E-state index contributed by atoms with van der Waals surface area (Å²) in [5, 5.41) is 0. The van der Waals surface area contributed by atoms with E-state index in [1.807, 2.05) is 0 Å². The SMILES string of the molecule is [CH2-]CC(C[CH2-])CS(=O)(=O)Cl.[CH3-].[Zn]. The Hall–Kier alpha value is 0.863. The minimum absolute atomic E-state index is 0. The van der Waals surface area contributed by atoms with Crippen LogP contribution in [0.1, 0.15) is 12.8 Å². The van der Waals surface area contributed by atoms with Crippen LogP contribution < -0.4 is 0 Å². The first kappa shape index (κ1) is 18.6. The van der Waals surface area contributed by atoms with Crippen LogP contribution in [0.4, 0.5) is 0 Å². The predicted molar refractivity (Wildman–Crippen MR) is 49.5 cm³/mol. The zero-order chi connectivity index (χ0) is 8.20. The summed E-state index contributed by atoms with van der Waals surface area (Å²) in [5.41, 5.74) is 0. The van der Waals surface area contributed by atoms with Gasteiger partial charge in [0.15, 0.2) is 0 Å². The van der Waals surface area contributed by atoms with Gasteiger partial charge in [-0.1, -0.05) is 5.92 Å². The van der Waals surface area contributed by atoms with Gasteiger partial charge in [-0.05, 0) is 0 Å². The van der Waals surface area contributed by atoms with E-state index in [4.69, 9.17) is 10.7 Å². The molecule has 0 aromatic heterocycles. The van der Waals surface area contributed by atoms with Gasteiger partial charge in [0.1, 0.15) is 0 Å². The quantitative estimate of drug-likeness (QED) is 0.442. The van der Waals surface area contributed by atoms with Crippen molar-refractivity contribution < 1.29 is 27.9 Å². The fourth-order valence-corrected chi connectivity index (χ4v) is 2.02. The summed E-state index contributed by atoms with van der Waals surface area (Å²) in [7, 11) is 1.65. The average molecular weight is 263 g/mol. The predicted octanol–water partition coefficient (Wildman–Crippen LogP) is 2.07. The van der Waals surface area contributed by atoms with Gasteiger partial charge in [0.25, 0.3) is 0 Å². The third-order valence-electron chi connectivity index (χ3n) is 1.25. The van der Waals surface area contributed by atoms with Gasteiger partial charge in [-0.25, -0.2) is 8.42 Å². The first-order valence-corrected chi connectivity index (χ1v) is 5.48. The molecule has 0 amide bonds. The van der Waals surface area contributed by atoms with E-state index >= 15 is 0 Å². The zero-order valence-corrected chi connectivity index (χ0v) is 12.0. The third-order valence-corrected chi connectivity index (χ3v) is 2.50. The van der Waals surface area contributed by atoms with E-state index in [2.05, 4.69) is 13.8 Å². The van der Waals surface area contributed by atoms with Crippen molar-refractivity contribution >= 4 is 19.7 Å². The molecular formula is C7H14ClO2SZn-3. The summed E-state index contributed by atoms with van der Waals surface area (Å²) >= 11 is 0. The first-order valence-electron chi connectivity index (χ1n) is 3.00. The van der Waals surface area contributed by atoms with Gasteiger partial charge in [-0.15, -0.1) is 0 Å². The minimum atomic E-state index is -3.36. The van der Waals surface area contributed by atoms with E-state index < -0.39 is 9.05 Å². The standard InChI is InChI=1S/C6H11ClO2S.CH3.Zn/c1-3-6(4-2)5-10(7,8)9;;/h6H,1-5H2;1H3;/q-2;-1;. The van der Waals surface area contributed by atoms with Gasteiger partial charge in [0.2, 0.25) is 9.05 Å². The molecule has 0 aliphatic heterocycles. The Morgan fingerprint density at radius 1 is 1.25 bits per heavy atom. The van der Waals surface area contributed by atoms with Gasteiger partial charge in [0, 0.05) is 30.2 Å². The van der Waals surface area contributed by atoms with Gasteiger partial charge >= 0.3 is 0 Å². The molecule has 0 bridgehead atoms. The van der Waals surface area contributed by atoms with Gasteiger partial charge in [-0.3, -0.25) is 0 Å². The molecule has 0 saturated carbocycles. The van der Waals surface area contributed by atoms with E-state index in [1.54, 1.807) is 0 Å². The summed E-state index contributed by atoms with van der Waals surface area (Å²) in [6.07, 6.45) is 1.13. The summed E-state index contributed by atoms with van der Waals surface area (Å²) in [6.45, 7) is 7.16. The summed E-state index contributed by atoms with van der Waals surface area (Å²) < 4.78 is 20.9. The molecule has 2 nitrogen and oxygen atoms in total. The normalized spacial score (nSPS) is 10.3. The number of hydrogen-bond acceptors (Lipinski definition) is 2. The molecule has 0 aromatic rings. The molecule has 0 spiro atoms. The molecule has 0 aromatic carbocycles. The Morgan fingerprint density at radius 2 is 1.58 bits per heavy atom. The van der Waals surface area contributed by atoms with Crippen molar-refractivity contribution in [3.63, 3.8) is 0 Å². The second-order valence-corrected chi connectivity index (χ2v) is 4.97. The zero-order valence-electron chi connectivity index (χ0n) is 7.42. The Kier molecular flexibility index (Phi) is 13.1. The monoisotopic (exact) mass is 261 g/mol. The summed E-state index contributed by atoms with van der Waals surface area (Å²) in [6, 6.07) is 0. The Labute approximate surface area is 93.3 Å². The Morgan fingerprint density at radius 3 is 1.67 bits per heavy atom. The molecule has 0 radical (unpaired) electrons. The van der Waals surface area contributed by atoms with Crippen molar-refractivity contribution in [1.29, 1.82) is 0 Å². The Bertz CT molecular complexity index is 176. The fraction of sp³-hybridized carbons (Fsp3) is 0.571. The smallest absolute Gasteiger partial charge is 0.232 e. The third kappa shape index (κ3) is 10.9. The molecule has 72 valence electrons. The van der Waals surface area contributed by atoms with Crippen molar-refractivity contribution in [2.24, 2.45) is 5.92 Å². The van der Waals surface area contributed by atoms with E-state index in [-0.39, 0.29) is 38.6 Å². The molecule has 0 aliphatic rings. The second-order valence-electron chi connectivity index (χ2n) is 2.15. The molecular weight excluding hydrogens is 249 g/mol. The molecule has 0 heterocycles. The van der Waals surface area contributed by atoms with Crippen LogP contribution in [0.5, 0.6) is 0 Å². The summed E-state index contributed by atoms with van der Waals surface area (Å²) in [4.78, 5) is 0. The van der Waals surface area contributed by atoms with Crippen LogP contribution in [0.3, 0.4) is 0 Å². The largest absolute Gasteiger partial charge is 0.358 e. The number of halogens is 1. The van der Waals surface area contributed by atoms with Crippen molar-refractivity contribution in [3.05, 3.63) is 21.3 Å².